The molecule has 6 heteroatoms. The lowest BCUT2D eigenvalue weighted by Gasteiger charge is -2.20. The number of unbranched alkanes of at least 4 members (excludes halogenated alkanes) is 1. The summed E-state index contributed by atoms with van der Waals surface area (Å²) in [7, 11) is 0. The first kappa shape index (κ1) is 22.5. The van der Waals surface area contributed by atoms with Gasteiger partial charge in [0.1, 0.15) is 11.5 Å². The molecule has 162 valence electrons. The van der Waals surface area contributed by atoms with E-state index in [1.165, 1.54) is 5.56 Å². The zero-order chi connectivity index (χ0) is 21.5. The fraction of sp³-hybridized carbons (Fsp3) is 0.542. The number of nitrogens with zero attached hydrogens (tertiary/aromatic N) is 2. The molecule has 2 aromatic rings. The van der Waals surface area contributed by atoms with Crippen LogP contribution in [0.25, 0.3) is 0 Å². The average molecular weight is 431 g/mol. The fourth-order valence-electron chi connectivity index (χ4n) is 4.61. The molecule has 0 aliphatic heterocycles. The number of carboxylic acid groups (broad SMARTS) is 1. The maximum atomic E-state index is 11.8. The zero-order valence-electron chi connectivity index (χ0n) is 17.6. The highest BCUT2D eigenvalue weighted by molar-refractivity contribution is 6.31. The van der Waals surface area contributed by atoms with Gasteiger partial charge in [0.2, 0.25) is 0 Å². The van der Waals surface area contributed by atoms with Gasteiger partial charge in [0.05, 0.1) is 5.92 Å². The van der Waals surface area contributed by atoms with Gasteiger partial charge in [-0.2, -0.15) is 0 Å². The number of carboxylic acids is 1. The van der Waals surface area contributed by atoms with Crippen molar-refractivity contribution in [2.24, 2.45) is 5.92 Å². The summed E-state index contributed by atoms with van der Waals surface area (Å²) in [5, 5.41) is 10.00. The smallest absolute Gasteiger partial charge is 0.311 e. The van der Waals surface area contributed by atoms with Crippen LogP contribution in [0.2, 0.25) is 5.15 Å². The summed E-state index contributed by atoms with van der Waals surface area (Å²) in [4.78, 5) is 27.6. The quantitative estimate of drug-likeness (QED) is 0.465. The third-order valence-corrected chi connectivity index (χ3v) is 6.51. The molecule has 1 aromatic carbocycles. The number of carbonyl (C=O) groups is 2. The molecule has 0 saturated heterocycles. The van der Waals surface area contributed by atoms with Crippen LogP contribution in [0.4, 0.5) is 0 Å². The van der Waals surface area contributed by atoms with E-state index in [9.17, 15) is 14.7 Å². The summed E-state index contributed by atoms with van der Waals surface area (Å²) in [6.45, 7) is 2.81. The van der Waals surface area contributed by atoms with Gasteiger partial charge in [-0.05, 0) is 49.1 Å². The van der Waals surface area contributed by atoms with Crippen LogP contribution >= 0.6 is 11.6 Å². The molecule has 1 aliphatic carbocycles. The van der Waals surface area contributed by atoms with Gasteiger partial charge in [-0.3, -0.25) is 9.59 Å². The molecule has 1 saturated carbocycles. The molecule has 3 rings (SSSR count). The molecule has 1 atom stereocenters. The molecular formula is C24H31ClN2O3. The van der Waals surface area contributed by atoms with Crippen molar-refractivity contribution < 1.29 is 14.7 Å². The summed E-state index contributed by atoms with van der Waals surface area (Å²) >= 11 is 6.14. The Bertz CT molecular complexity index is 854. The lowest BCUT2D eigenvalue weighted by atomic mass is 9.84. The maximum Gasteiger partial charge on any atom is 0.311 e. The molecule has 1 fully saturated rings. The van der Waals surface area contributed by atoms with E-state index in [0.29, 0.717) is 12.2 Å². The second kappa shape index (κ2) is 10.8. The first-order chi connectivity index (χ1) is 14.5. The van der Waals surface area contributed by atoms with Crippen LogP contribution in [0, 0.1) is 5.92 Å². The number of aliphatic carboxylic acids is 1. The number of hydrogen-bond donors (Lipinski definition) is 1. The second-order valence-electron chi connectivity index (χ2n) is 8.28. The van der Waals surface area contributed by atoms with Gasteiger partial charge in [-0.15, -0.1) is 0 Å². The minimum absolute atomic E-state index is 0.252. The van der Waals surface area contributed by atoms with Crippen LogP contribution in [0.15, 0.2) is 24.3 Å². The van der Waals surface area contributed by atoms with Crippen LogP contribution in [0.5, 0.6) is 0 Å². The highest BCUT2D eigenvalue weighted by Crippen LogP contribution is 2.37. The van der Waals surface area contributed by atoms with Crippen molar-refractivity contribution >= 4 is 23.9 Å². The van der Waals surface area contributed by atoms with Crippen molar-refractivity contribution in [3.8, 4) is 0 Å². The first-order valence-corrected chi connectivity index (χ1v) is 11.4. The van der Waals surface area contributed by atoms with E-state index in [-0.39, 0.29) is 11.1 Å². The summed E-state index contributed by atoms with van der Waals surface area (Å²) in [6, 6.07) is 8.04. The van der Waals surface area contributed by atoms with Crippen molar-refractivity contribution in [1.29, 1.82) is 0 Å². The minimum atomic E-state index is -0.715. The maximum absolute atomic E-state index is 11.8. The number of rotatable bonds is 11. The summed E-state index contributed by atoms with van der Waals surface area (Å²) in [6.07, 6.45) is 9.66. The van der Waals surface area contributed by atoms with Gasteiger partial charge in [-0.1, -0.05) is 62.1 Å². The summed E-state index contributed by atoms with van der Waals surface area (Å²) in [5.74, 6) is 0.0151. The molecule has 5 nitrogen and oxygen atoms in total. The number of imidazole rings is 1. The number of carbonyl (C=O) groups excluding carboxylic acids is 1. The number of aromatic nitrogens is 2. The Morgan fingerprint density at radius 3 is 2.53 bits per heavy atom. The van der Waals surface area contributed by atoms with Crippen LogP contribution in [0.3, 0.4) is 0 Å². The van der Waals surface area contributed by atoms with Gasteiger partial charge in [0.15, 0.2) is 11.4 Å². The van der Waals surface area contributed by atoms with Gasteiger partial charge >= 0.3 is 5.97 Å². The Hall–Kier alpha value is -2.14. The van der Waals surface area contributed by atoms with Crippen LogP contribution in [-0.2, 0) is 24.2 Å². The molecule has 1 N–H and O–H groups in total. The van der Waals surface area contributed by atoms with Gasteiger partial charge in [0.25, 0.3) is 0 Å². The topological polar surface area (TPSA) is 72.2 Å². The number of hydrogen-bond acceptors (Lipinski definition) is 3. The number of benzene rings is 1. The minimum Gasteiger partial charge on any atom is -0.481 e. The highest BCUT2D eigenvalue weighted by Gasteiger charge is 2.31. The average Bonchev–Trinajstić information content (AvgIpc) is 3.35. The van der Waals surface area contributed by atoms with Gasteiger partial charge in [0, 0.05) is 13.0 Å². The molecule has 1 heterocycles. The predicted octanol–water partition coefficient (Wildman–Crippen LogP) is 5.68. The summed E-state index contributed by atoms with van der Waals surface area (Å²) in [5.41, 5.74) is 2.53. The predicted molar refractivity (Wildman–Crippen MR) is 118 cm³/mol. The Kier molecular flexibility index (Phi) is 8.08. The van der Waals surface area contributed by atoms with E-state index in [2.05, 4.69) is 11.9 Å². The van der Waals surface area contributed by atoms with Crippen molar-refractivity contribution in [3.05, 3.63) is 52.1 Å². The SMILES string of the molecule is CCCCc1nc(Cl)c(C=O)n1CCCc1ccc(C(C(=O)O)C2CCCC2)cc1. The zero-order valence-corrected chi connectivity index (χ0v) is 18.4. The Morgan fingerprint density at radius 1 is 1.23 bits per heavy atom. The Balaban J connectivity index is 1.63. The van der Waals surface area contributed by atoms with Gasteiger partial charge < -0.3 is 9.67 Å². The molecule has 1 unspecified atom stereocenters. The van der Waals surface area contributed by atoms with Gasteiger partial charge in [-0.25, -0.2) is 4.98 Å². The molecule has 0 amide bonds. The molecule has 0 radical (unpaired) electrons. The van der Waals surface area contributed by atoms with Crippen LogP contribution in [0.1, 0.15) is 85.2 Å². The number of aryl methyl sites for hydroxylation is 2. The molecule has 30 heavy (non-hydrogen) atoms. The first-order valence-electron chi connectivity index (χ1n) is 11.1. The lowest BCUT2D eigenvalue weighted by Crippen LogP contribution is -2.19. The lowest BCUT2D eigenvalue weighted by molar-refractivity contribution is -0.140. The van der Waals surface area contributed by atoms with E-state index >= 15 is 0 Å². The third kappa shape index (κ3) is 5.31. The van der Waals surface area contributed by atoms with E-state index in [4.69, 9.17) is 11.6 Å². The van der Waals surface area contributed by atoms with Crippen molar-refractivity contribution in [2.45, 2.75) is 77.2 Å². The van der Waals surface area contributed by atoms with Crippen LogP contribution < -0.4 is 0 Å². The van der Waals surface area contributed by atoms with E-state index < -0.39 is 11.9 Å². The normalized spacial score (nSPS) is 15.4. The molecule has 0 bridgehead atoms. The largest absolute Gasteiger partial charge is 0.481 e. The second-order valence-corrected chi connectivity index (χ2v) is 8.64. The molecule has 1 aliphatic rings. The van der Waals surface area contributed by atoms with Crippen molar-refractivity contribution in [2.75, 3.05) is 0 Å². The monoisotopic (exact) mass is 430 g/mol. The summed E-state index contributed by atoms with van der Waals surface area (Å²) < 4.78 is 1.94. The van der Waals surface area contributed by atoms with Crippen molar-refractivity contribution in [1.82, 2.24) is 9.55 Å². The van der Waals surface area contributed by atoms with Crippen molar-refractivity contribution in [3.63, 3.8) is 0 Å². The number of halogens is 1. The molecule has 0 spiro atoms. The Labute approximate surface area is 183 Å². The van der Waals surface area contributed by atoms with Crippen LogP contribution in [-0.4, -0.2) is 26.9 Å². The Morgan fingerprint density at radius 2 is 1.93 bits per heavy atom. The van der Waals surface area contributed by atoms with E-state index in [1.54, 1.807) is 0 Å². The number of aldehydes is 1. The third-order valence-electron chi connectivity index (χ3n) is 6.23. The van der Waals surface area contributed by atoms with E-state index in [0.717, 1.165) is 75.5 Å². The van der Waals surface area contributed by atoms with E-state index in [1.807, 2.05) is 28.8 Å². The highest BCUT2D eigenvalue weighted by atomic mass is 35.5. The molecule has 1 aromatic heterocycles. The fourth-order valence-corrected chi connectivity index (χ4v) is 4.85. The standard InChI is InChI=1S/C24H31ClN2O3/c1-2-3-10-21-26-23(25)20(16-28)27(21)15-6-7-17-11-13-19(14-12-17)22(24(29)30)18-8-4-5-9-18/h11-14,16,18,22H,2-10,15H2,1H3,(H,29,30). The molecular weight excluding hydrogens is 400 g/mol.